The van der Waals surface area contributed by atoms with Crippen molar-refractivity contribution in [2.24, 2.45) is 0 Å². The molecule has 1 aliphatic rings. The maximum absolute atomic E-state index is 6.35. The number of nitrogens with zero attached hydrogens (tertiary/aromatic N) is 1. The third-order valence-corrected chi connectivity index (χ3v) is 4.99. The Labute approximate surface area is 141 Å². The van der Waals surface area contributed by atoms with E-state index in [2.05, 4.69) is 59.2 Å². The van der Waals surface area contributed by atoms with Crippen molar-refractivity contribution in [3.8, 4) is 5.75 Å². The van der Waals surface area contributed by atoms with Gasteiger partial charge in [-0.25, -0.2) is 0 Å². The zero-order chi connectivity index (χ0) is 15.5. The minimum absolute atomic E-state index is 0.118. The van der Waals surface area contributed by atoms with Gasteiger partial charge in [0, 0.05) is 16.9 Å². The topological polar surface area (TPSA) is 12.5 Å². The van der Waals surface area contributed by atoms with Gasteiger partial charge in [0.1, 0.15) is 11.9 Å². The van der Waals surface area contributed by atoms with E-state index in [0.29, 0.717) is 6.04 Å². The Hall–Kier alpha value is -1.32. The van der Waals surface area contributed by atoms with Crippen LogP contribution in [-0.4, -0.2) is 25.0 Å². The molecule has 0 amide bonds. The van der Waals surface area contributed by atoms with Crippen LogP contribution < -0.4 is 4.74 Å². The minimum Gasteiger partial charge on any atom is -0.486 e. The Balaban J connectivity index is 1.89. The first kappa shape index (κ1) is 15.6. The Bertz CT molecular complexity index is 624. The Morgan fingerprint density at radius 1 is 1.05 bits per heavy atom. The molecule has 0 saturated carbocycles. The van der Waals surface area contributed by atoms with E-state index in [1.165, 1.54) is 17.5 Å². The first-order valence-electron chi connectivity index (χ1n) is 7.80. The molecule has 0 spiro atoms. The average Bonchev–Trinajstić information content (AvgIpc) is 2.70. The average molecular weight is 360 g/mol. The summed E-state index contributed by atoms with van der Waals surface area (Å²) in [5.41, 5.74) is 2.77. The third-order valence-electron chi connectivity index (χ3n) is 4.46. The number of hydrogen-bond donors (Lipinski definition) is 0. The van der Waals surface area contributed by atoms with E-state index in [1.54, 1.807) is 0 Å². The number of fused-ring (bicyclic) bond motifs is 1. The molecule has 0 N–H and O–H groups in total. The van der Waals surface area contributed by atoms with Gasteiger partial charge in [0.25, 0.3) is 0 Å². The van der Waals surface area contributed by atoms with Gasteiger partial charge in [-0.1, -0.05) is 40.2 Å². The molecule has 0 heterocycles. The molecule has 116 valence electrons. The van der Waals surface area contributed by atoms with Crippen LogP contribution in [0.1, 0.15) is 30.1 Å². The van der Waals surface area contributed by atoms with Crippen molar-refractivity contribution in [3.05, 3.63) is 64.1 Å². The van der Waals surface area contributed by atoms with Crippen LogP contribution in [0.3, 0.4) is 0 Å². The van der Waals surface area contributed by atoms with E-state index in [4.69, 9.17) is 4.74 Å². The van der Waals surface area contributed by atoms with E-state index < -0.39 is 0 Å². The van der Waals surface area contributed by atoms with Gasteiger partial charge in [0.05, 0.1) is 0 Å². The quantitative estimate of drug-likeness (QED) is 0.727. The van der Waals surface area contributed by atoms with E-state index in [9.17, 15) is 0 Å². The van der Waals surface area contributed by atoms with Gasteiger partial charge in [-0.05, 0) is 62.3 Å². The van der Waals surface area contributed by atoms with Gasteiger partial charge in [0.2, 0.25) is 0 Å². The van der Waals surface area contributed by atoms with Gasteiger partial charge in [-0.2, -0.15) is 0 Å². The lowest BCUT2D eigenvalue weighted by Gasteiger charge is -2.27. The summed E-state index contributed by atoms with van der Waals surface area (Å²) in [6.45, 7) is 0. The normalized spacial score (nSPS) is 21.3. The fourth-order valence-electron chi connectivity index (χ4n) is 3.15. The van der Waals surface area contributed by atoms with Crippen LogP contribution in [0.5, 0.6) is 5.75 Å². The molecule has 3 rings (SSSR count). The summed E-state index contributed by atoms with van der Waals surface area (Å²) in [6, 6.07) is 17.4. The molecule has 2 aromatic carbocycles. The zero-order valence-electron chi connectivity index (χ0n) is 13.1. The fraction of sp³-hybridized carbons (Fsp3) is 0.368. The summed E-state index contributed by atoms with van der Waals surface area (Å²) in [7, 11) is 4.33. The van der Waals surface area contributed by atoms with Crippen LogP contribution in [0.4, 0.5) is 0 Å². The first-order chi connectivity index (χ1) is 10.6. The van der Waals surface area contributed by atoms with E-state index in [1.807, 2.05) is 24.3 Å². The maximum atomic E-state index is 6.35. The molecule has 2 nitrogen and oxygen atoms in total. The molecule has 0 fully saturated rings. The number of rotatable bonds is 3. The largest absolute Gasteiger partial charge is 0.486 e. The predicted octanol–water partition coefficient (Wildman–Crippen LogP) is 4.84. The number of halogens is 1. The number of hydrogen-bond acceptors (Lipinski definition) is 2. The molecule has 1 aliphatic carbocycles. The number of benzene rings is 2. The van der Waals surface area contributed by atoms with E-state index >= 15 is 0 Å². The fourth-order valence-corrected chi connectivity index (χ4v) is 3.41. The lowest BCUT2D eigenvalue weighted by atomic mass is 10.0. The van der Waals surface area contributed by atoms with Gasteiger partial charge < -0.3 is 9.64 Å². The minimum atomic E-state index is 0.118. The SMILES string of the molecule is CN(C)C1CCc2ccccc2C(Oc2ccc(Br)cc2)C1. The standard InChI is InChI=1S/C19H22BrNO/c1-21(2)16-10-7-14-5-3-4-6-18(14)19(13-16)22-17-11-8-15(20)9-12-17/h3-6,8-9,11-12,16,19H,7,10,13H2,1-2H3. The van der Waals surface area contributed by atoms with Crippen LogP contribution in [-0.2, 0) is 6.42 Å². The molecule has 2 aromatic rings. The molecule has 22 heavy (non-hydrogen) atoms. The second-order valence-electron chi connectivity index (χ2n) is 6.15. The molecule has 0 saturated heterocycles. The smallest absolute Gasteiger partial charge is 0.125 e. The monoisotopic (exact) mass is 359 g/mol. The second-order valence-corrected chi connectivity index (χ2v) is 7.07. The predicted molar refractivity (Wildman–Crippen MR) is 94.4 cm³/mol. The molecule has 0 bridgehead atoms. The van der Waals surface area contributed by atoms with Gasteiger partial charge in [-0.3, -0.25) is 0 Å². The lowest BCUT2D eigenvalue weighted by molar-refractivity contribution is 0.147. The maximum Gasteiger partial charge on any atom is 0.125 e. The van der Waals surface area contributed by atoms with Crippen molar-refractivity contribution in [2.75, 3.05) is 14.1 Å². The molecule has 0 aliphatic heterocycles. The van der Waals surface area contributed by atoms with Gasteiger partial charge >= 0.3 is 0 Å². The summed E-state index contributed by atoms with van der Waals surface area (Å²) in [5, 5.41) is 0. The lowest BCUT2D eigenvalue weighted by Crippen LogP contribution is -2.30. The van der Waals surface area contributed by atoms with Crippen molar-refractivity contribution in [1.82, 2.24) is 4.90 Å². The highest BCUT2D eigenvalue weighted by atomic mass is 79.9. The summed E-state index contributed by atoms with van der Waals surface area (Å²) in [6.07, 6.45) is 3.45. The molecule has 3 heteroatoms. The van der Waals surface area contributed by atoms with E-state index in [0.717, 1.165) is 23.1 Å². The van der Waals surface area contributed by atoms with Gasteiger partial charge in [0.15, 0.2) is 0 Å². The van der Waals surface area contributed by atoms with Crippen LogP contribution in [0, 0.1) is 0 Å². The summed E-state index contributed by atoms with van der Waals surface area (Å²) >= 11 is 3.48. The molecular weight excluding hydrogens is 338 g/mol. The summed E-state index contributed by atoms with van der Waals surface area (Å²) in [4.78, 5) is 2.32. The summed E-state index contributed by atoms with van der Waals surface area (Å²) in [5.74, 6) is 0.933. The molecule has 2 unspecified atom stereocenters. The molecular formula is C19H22BrNO. The van der Waals surface area contributed by atoms with Crippen LogP contribution in [0.25, 0.3) is 0 Å². The zero-order valence-corrected chi connectivity index (χ0v) is 14.7. The second kappa shape index (κ2) is 6.84. The number of ether oxygens (including phenoxy) is 1. The van der Waals surface area contributed by atoms with Crippen molar-refractivity contribution in [1.29, 1.82) is 0 Å². The van der Waals surface area contributed by atoms with Crippen LogP contribution in [0.15, 0.2) is 53.0 Å². The molecule has 0 aromatic heterocycles. The van der Waals surface area contributed by atoms with Gasteiger partial charge in [-0.15, -0.1) is 0 Å². The highest BCUT2D eigenvalue weighted by Crippen LogP contribution is 2.34. The van der Waals surface area contributed by atoms with Crippen LogP contribution in [0.2, 0.25) is 0 Å². The summed E-state index contributed by atoms with van der Waals surface area (Å²) < 4.78 is 7.43. The highest BCUT2D eigenvalue weighted by Gasteiger charge is 2.26. The van der Waals surface area contributed by atoms with E-state index in [-0.39, 0.29) is 6.10 Å². The first-order valence-corrected chi connectivity index (χ1v) is 8.59. The Kier molecular flexibility index (Phi) is 4.84. The van der Waals surface area contributed by atoms with Crippen molar-refractivity contribution >= 4 is 15.9 Å². The van der Waals surface area contributed by atoms with Crippen molar-refractivity contribution < 1.29 is 4.74 Å². The Morgan fingerprint density at radius 3 is 2.50 bits per heavy atom. The molecule has 0 radical (unpaired) electrons. The van der Waals surface area contributed by atoms with Crippen LogP contribution >= 0.6 is 15.9 Å². The highest BCUT2D eigenvalue weighted by molar-refractivity contribution is 9.10. The number of aryl methyl sites for hydroxylation is 1. The van der Waals surface area contributed by atoms with Crippen molar-refractivity contribution in [3.63, 3.8) is 0 Å². The molecule has 2 atom stereocenters. The van der Waals surface area contributed by atoms with Crippen molar-refractivity contribution in [2.45, 2.75) is 31.4 Å². The third kappa shape index (κ3) is 3.53. The Morgan fingerprint density at radius 2 is 1.77 bits per heavy atom.